The summed E-state index contributed by atoms with van der Waals surface area (Å²) in [6, 6.07) is 3.07. The average Bonchev–Trinajstić information content (AvgIpc) is 2.27. The molecule has 0 fully saturated rings. The topological polar surface area (TPSA) is 66.4 Å². The Morgan fingerprint density at radius 2 is 2.00 bits per heavy atom. The van der Waals surface area contributed by atoms with E-state index in [1.54, 1.807) is 6.92 Å². The number of carboxylic acids is 1. The molecule has 0 aliphatic heterocycles. The van der Waals surface area contributed by atoms with Crippen LogP contribution in [0.1, 0.15) is 24.2 Å². The van der Waals surface area contributed by atoms with Gasteiger partial charge in [-0.3, -0.25) is 9.59 Å². The number of rotatable bonds is 4. The monoisotopic (exact) mass is 273 g/mol. The maximum atomic E-state index is 13.4. The second kappa shape index (κ2) is 5.82. The first-order valence-corrected chi connectivity index (χ1v) is 5.69. The minimum Gasteiger partial charge on any atom is -0.481 e. The molecule has 1 rings (SSSR count). The standard InChI is InChI=1S/C12H13ClFNO3/c1-6(12(17)18)7(2)15-11(16)9-4-3-8(13)5-10(9)14/h3-7H,1-2H3,(H,15,16)(H,17,18). The zero-order valence-electron chi connectivity index (χ0n) is 9.91. The Balaban J connectivity index is 2.79. The van der Waals surface area contributed by atoms with Crippen LogP contribution >= 0.6 is 11.6 Å². The summed E-state index contributed by atoms with van der Waals surface area (Å²) in [6.45, 7) is 3.01. The largest absolute Gasteiger partial charge is 0.481 e. The van der Waals surface area contributed by atoms with Gasteiger partial charge in [0.25, 0.3) is 5.91 Å². The maximum Gasteiger partial charge on any atom is 0.308 e. The summed E-state index contributed by atoms with van der Waals surface area (Å²) in [6.07, 6.45) is 0. The van der Waals surface area contributed by atoms with Crippen LogP contribution in [-0.4, -0.2) is 23.0 Å². The number of hydrogen-bond acceptors (Lipinski definition) is 2. The Hall–Kier alpha value is -1.62. The Morgan fingerprint density at radius 1 is 1.39 bits per heavy atom. The SMILES string of the molecule is CC(NC(=O)c1ccc(Cl)cc1F)C(C)C(=O)O. The summed E-state index contributed by atoms with van der Waals surface area (Å²) in [5.74, 6) is -3.19. The van der Waals surface area contributed by atoms with Crippen molar-refractivity contribution < 1.29 is 19.1 Å². The van der Waals surface area contributed by atoms with Crippen LogP contribution in [0.3, 0.4) is 0 Å². The van der Waals surface area contributed by atoms with Gasteiger partial charge in [0.1, 0.15) is 5.82 Å². The van der Waals surface area contributed by atoms with E-state index in [-0.39, 0.29) is 10.6 Å². The van der Waals surface area contributed by atoms with Gasteiger partial charge in [0.05, 0.1) is 11.5 Å². The highest BCUT2D eigenvalue weighted by atomic mass is 35.5. The molecule has 0 aromatic heterocycles. The van der Waals surface area contributed by atoms with E-state index in [1.165, 1.54) is 19.1 Å². The van der Waals surface area contributed by atoms with Crippen molar-refractivity contribution in [3.63, 3.8) is 0 Å². The predicted octanol–water partition coefficient (Wildman–Crippen LogP) is 2.32. The van der Waals surface area contributed by atoms with Crippen LogP contribution < -0.4 is 5.32 Å². The number of carbonyl (C=O) groups is 2. The van der Waals surface area contributed by atoms with Crippen LogP contribution in [0.25, 0.3) is 0 Å². The number of amides is 1. The fourth-order valence-corrected chi connectivity index (χ4v) is 1.46. The normalized spacial score (nSPS) is 13.8. The van der Waals surface area contributed by atoms with Crippen molar-refractivity contribution in [2.45, 2.75) is 19.9 Å². The molecule has 2 N–H and O–H groups in total. The van der Waals surface area contributed by atoms with Crippen LogP contribution in [0.2, 0.25) is 5.02 Å². The molecule has 0 bridgehead atoms. The van der Waals surface area contributed by atoms with Crippen LogP contribution in [0.4, 0.5) is 4.39 Å². The summed E-state index contributed by atoms with van der Waals surface area (Å²) in [5, 5.41) is 11.4. The molecule has 0 saturated heterocycles. The summed E-state index contributed by atoms with van der Waals surface area (Å²) in [7, 11) is 0. The average molecular weight is 274 g/mol. The molecule has 98 valence electrons. The Kier molecular flexibility index (Phi) is 4.67. The smallest absolute Gasteiger partial charge is 0.308 e. The number of benzene rings is 1. The maximum absolute atomic E-state index is 13.4. The van der Waals surface area contributed by atoms with E-state index in [0.717, 1.165) is 6.07 Å². The highest BCUT2D eigenvalue weighted by molar-refractivity contribution is 6.30. The van der Waals surface area contributed by atoms with Crippen molar-refractivity contribution in [3.05, 3.63) is 34.6 Å². The van der Waals surface area contributed by atoms with E-state index in [1.807, 2.05) is 0 Å². The van der Waals surface area contributed by atoms with Crippen molar-refractivity contribution in [1.82, 2.24) is 5.32 Å². The lowest BCUT2D eigenvalue weighted by molar-refractivity contribution is -0.141. The van der Waals surface area contributed by atoms with Gasteiger partial charge in [0, 0.05) is 11.1 Å². The Labute approximate surface area is 109 Å². The fraction of sp³-hybridized carbons (Fsp3) is 0.333. The Morgan fingerprint density at radius 3 is 2.50 bits per heavy atom. The zero-order valence-corrected chi connectivity index (χ0v) is 10.7. The molecule has 0 saturated carbocycles. The van der Waals surface area contributed by atoms with Crippen molar-refractivity contribution in [2.24, 2.45) is 5.92 Å². The van der Waals surface area contributed by atoms with Crippen LogP contribution in [-0.2, 0) is 4.79 Å². The third-order valence-electron chi connectivity index (χ3n) is 2.67. The van der Waals surface area contributed by atoms with E-state index in [4.69, 9.17) is 16.7 Å². The second-order valence-corrected chi connectivity index (χ2v) is 4.45. The van der Waals surface area contributed by atoms with Crippen molar-refractivity contribution >= 4 is 23.5 Å². The van der Waals surface area contributed by atoms with Gasteiger partial charge in [-0.25, -0.2) is 4.39 Å². The molecule has 18 heavy (non-hydrogen) atoms. The molecule has 0 aliphatic rings. The molecule has 0 spiro atoms. The van der Waals surface area contributed by atoms with Gasteiger partial charge in [-0.2, -0.15) is 0 Å². The molecule has 2 unspecified atom stereocenters. The van der Waals surface area contributed by atoms with Crippen LogP contribution in [0, 0.1) is 11.7 Å². The number of aliphatic carboxylic acids is 1. The van der Waals surface area contributed by atoms with Gasteiger partial charge >= 0.3 is 5.97 Å². The van der Waals surface area contributed by atoms with E-state index in [9.17, 15) is 14.0 Å². The highest BCUT2D eigenvalue weighted by Gasteiger charge is 2.22. The quantitative estimate of drug-likeness (QED) is 0.885. The molecule has 1 amide bonds. The van der Waals surface area contributed by atoms with Gasteiger partial charge in [-0.05, 0) is 32.0 Å². The van der Waals surface area contributed by atoms with Crippen molar-refractivity contribution in [2.75, 3.05) is 0 Å². The molecule has 0 radical (unpaired) electrons. The van der Waals surface area contributed by atoms with Gasteiger partial charge in [-0.1, -0.05) is 11.6 Å². The Bertz CT molecular complexity index is 478. The highest BCUT2D eigenvalue weighted by Crippen LogP contribution is 2.15. The number of nitrogens with one attached hydrogen (secondary N) is 1. The van der Waals surface area contributed by atoms with Gasteiger partial charge < -0.3 is 10.4 Å². The minimum atomic E-state index is -1.03. The zero-order chi connectivity index (χ0) is 13.9. The number of carbonyl (C=O) groups excluding carboxylic acids is 1. The first kappa shape index (κ1) is 14.4. The fourth-order valence-electron chi connectivity index (χ4n) is 1.30. The molecule has 1 aromatic carbocycles. The molecule has 2 atom stereocenters. The van der Waals surface area contributed by atoms with Crippen molar-refractivity contribution in [3.8, 4) is 0 Å². The van der Waals surface area contributed by atoms with E-state index in [2.05, 4.69) is 5.32 Å². The first-order chi connectivity index (χ1) is 8.32. The summed E-state index contributed by atoms with van der Waals surface area (Å²) in [5.41, 5.74) is -0.163. The first-order valence-electron chi connectivity index (χ1n) is 5.31. The molecule has 6 heteroatoms. The van der Waals surface area contributed by atoms with E-state index in [0.29, 0.717) is 0 Å². The lowest BCUT2D eigenvalue weighted by Crippen LogP contribution is -2.40. The van der Waals surface area contributed by atoms with Crippen LogP contribution in [0.5, 0.6) is 0 Å². The molecule has 0 heterocycles. The van der Waals surface area contributed by atoms with Crippen LogP contribution in [0.15, 0.2) is 18.2 Å². The summed E-state index contributed by atoms with van der Waals surface area (Å²) in [4.78, 5) is 22.5. The van der Waals surface area contributed by atoms with Gasteiger partial charge in [-0.15, -0.1) is 0 Å². The lowest BCUT2D eigenvalue weighted by atomic mass is 10.0. The van der Waals surface area contributed by atoms with Gasteiger partial charge in [0.15, 0.2) is 0 Å². The number of carboxylic acid groups (broad SMARTS) is 1. The summed E-state index contributed by atoms with van der Waals surface area (Å²) >= 11 is 5.57. The molecule has 4 nitrogen and oxygen atoms in total. The lowest BCUT2D eigenvalue weighted by Gasteiger charge is -2.17. The van der Waals surface area contributed by atoms with Gasteiger partial charge in [0.2, 0.25) is 0 Å². The number of halogens is 2. The number of hydrogen-bond donors (Lipinski definition) is 2. The van der Waals surface area contributed by atoms with E-state index >= 15 is 0 Å². The van der Waals surface area contributed by atoms with Crippen molar-refractivity contribution in [1.29, 1.82) is 0 Å². The predicted molar refractivity (Wildman–Crippen MR) is 65.1 cm³/mol. The third kappa shape index (κ3) is 3.43. The second-order valence-electron chi connectivity index (χ2n) is 4.01. The molecule has 1 aromatic rings. The molecular weight excluding hydrogens is 261 g/mol. The molecular formula is C12H13ClFNO3. The summed E-state index contributed by atoms with van der Waals surface area (Å²) < 4.78 is 13.4. The minimum absolute atomic E-state index is 0.163. The molecule has 0 aliphatic carbocycles. The van der Waals surface area contributed by atoms with E-state index < -0.39 is 29.7 Å². The third-order valence-corrected chi connectivity index (χ3v) is 2.91.